The predicted molar refractivity (Wildman–Crippen MR) is 64.6 cm³/mol. The van der Waals surface area contributed by atoms with E-state index < -0.39 is 5.97 Å². The third kappa shape index (κ3) is 2.42. The second kappa shape index (κ2) is 4.75. The van der Waals surface area contributed by atoms with Crippen molar-refractivity contribution in [1.29, 1.82) is 0 Å². The predicted octanol–water partition coefficient (Wildman–Crippen LogP) is 1.77. The maximum absolute atomic E-state index is 11.2. The van der Waals surface area contributed by atoms with Crippen molar-refractivity contribution in [2.24, 2.45) is 0 Å². The third-order valence-electron chi connectivity index (χ3n) is 3.04. The first-order chi connectivity index (χ1) is 8.11. The lowest BCUT2D eigenvalue weighted by Crippen LogP contribution is -2.27. The van der Waals surface area contributed by atoms with Crippen molar-refractivity contribution in [3.05, 3.63) is 28.8 Å². The molecule has 0 spiro atoms. The van der Waals surface area contributed by atoms with Crippen molar-refractivity contribution in [2.75, 3.05) is 20.2 Å². The molecule has 1 N–H and O–H groups in total. The van der Waals surface area contributed by atoms with E-state index in [2.05, 4.69) is 11.9 Å². The van der Waals surface area contributed by atoms with E-state index in [4.69, 9.17) is 9.84 Å². The minimum Gasteiger partial charge on any atom is -0.493 e. The van der Waals surface area contributed by atoms with Crippen LogP contribution >= 0.6 is 0 Å². The van der Waals surface area contributed by atoms with Crippen molar-refractivity contribution in [3.8, 4) is 5.75 Å². The van der Waals surface area contributed by atoms with Gasteiger partial charge in [0.15, 0.2) is 0 Å². The summed E-state index contributed by atoms with van der Waals surface area (Å²) >= 11 is 0. The molecule has 1 aromatic carbocycles. The molecular formula is C13H17NO3. The van der Waals surface area contributed by atoms with Crippen molar-refractivity contribution in [2.45, 2.75) is 19.9 Å². The quantitative estimate of drug-likeness (QED) is 0.867. The lowest BCUT2D eigenvalue weighted by Gasteiger charge is -2.26. The van der Waals surface area contributed by atoms with Gasteiger partial charge in [-0.05, 0) is 43.7 Å². The van der Waals surface area contributed by atoms with Gasteiger partial charge in [0.25, 0.3) is 0 Å². The lowest BCUT2D eigenvalue weighted by atomic mass is 9.97. The van der Waals surface area contributed by atoms with E-state index in [1.54, 1.807) is 6.07 Å². The van der Waals surface area contributed by atoms with Gasteiger partial charge in [0, 0.05) is 13.1 Å². The highest BCUT2D eigenvalue weighted by Crippen LogP contribution is 2.27. The molecule has 0 unspecified atom stereocenters. The van der Waals surface area contributed by atoms with Gasteiger partial charge in [0.05, 0.1) is 6.61 Å². The standard InChI is InChI=1S/C13H17NO3/c1-3-17-12-7-10-8-14(2)5-4-9(10)6-11(12)13(15)16/h6-7H,3-5,8H2,1-2H3,(H,15,16). The van der Waals surface area contributed by atoms with E-state index in [-0.39, 0.29) is 5.56 Å². The Morgan fingerprint density at radius 3 is 2.88 bits per heavy atom. The number of hydrogen-bond donors (Lipinski definition) is 1. The SMILES string of the molecule is CCOc1cc2c(cc1C(=O)O)CCN(C)C2. The molecule has 17 heavy (non-hydrogen) atoms. The van der Waals surface area contributed by atoms with Crippen LogP contribution < -0.4 is 4.74 Å². The number of nitrogens with zero attached hydrogens (tertiary/aromatic N) is 1. The van der Waals surface area contributed by atoms with Crippen LogP contribution in [0.1, 0.15) is 28.4 Å². The van der Waals surface area contributed by atoms with Crippen LogP contribution in [0.4, 0.5) is 0 Å². The Kier molecular flexibility index (Phi) is 3.33. The highest BCUT2D eigenvalue weighted by Gasteiger charge is 2.19. The Labute approximate surface area is 101 Å². The van der Waals surface area contributed by atoms with Crippen molar-refractivity contribution in [3.63, 3.8) is 0 Å². The van der Waals surface area contributed by atoms with Crippen LogP contribution in [-0.4, -0.2) is 36.2 Å². The van der Waals surface area contributed by atoms with E-state index in [0.29, 0.717) is 12.4 Å². The minimum absolute atomic E-state index is 0.273. The largest absolute Gasteiger partial charge is 0.493 e. The second-order valence-electron chi connectivity index (χ2n) is 4.34. The number of carboxylic acids is 1. The number of aromatic carboxylic acids is 1. The molecule has 92 valence electrons. The van der Waals surface area contributed by atoms with E-state index in [1.165, 1.54) is 5.56 Å². The monoisotopic (exact) mass is 235 g/mol. The first-order valence-corrected chi connectivity index (χ1v) is 5.82. The summed E-state index contributed by atoms with van der Waals surface area (Å²) in [4.78, 5) is 13.4. The van der Waals surface area contributed by atoms with Gasteiger partial charge in [0.1, 0.15) is 11.3 Å². The van der Waals surface area contributed by atoms with Crippen molar-refractivity contribution >= 4 is 5.97 Å². The Hall–Kier alpha value is -1.55. The second-order valence-corrected chi connectivity index (χ2v) is 4.34. The molecular weight excluding hydrogens is 218 g/mol. The fourth-order valence-corrected chi connectivity index (χ4v) is 2.17. The average molecular weight is 235 g/mol. The summed E-state index contributed by atoms with van der Waals surface area (Å²) in [6.45, 7) is 4.17. The maximum Gasteiger partial charge on any atom is 0.339 e. The topological polar surface area (TPSA) is 49.8 Å². The van der Waals surface area contributed by atoms with Crippen molar-refractivity contribution < 1.29 is 14.6 Å². The van der Waals surface area contributed by atoms with Gasteiger partial charge < -0.3 is 14.7 Å². The molecule has 2 rings (SSSR count). The van der Waals surface area contributed by atoms with E-state index in [9.17, 15) is 4.79 Å². The molecule has 4 nitrogen and oxygen atoms in total. The van der Waals surface area contributed by atoms with Gasteiger partial charge in [-0.2, -0.15) is 0 Å². The number of fused-ring (bicyclic) bond motifs is 1. The molecule has 0 fully saturated rings. The average Bonchev–Trinajstić information content (AvgIpc) is 2.28. The maximum atomic E-state index is 11.2. The molecule has 1 aromatic rings. The fourth-order valence-electron chi connectivity index (χ4n) is 2.17. The summed E-state index contributed by atoms with van der Waals surface area (Å²) in [6, 6.07) is 3.63. The Morgan fingerprint density at radius 2 is 2.24 bits per heavy atom. The van der Waals surface area contributed by atoms with Crippen LogP contribution in [0.15, 0.2) is 12.1 Å². The van der Waals surface area contributed by atoms with Gasteiger partial charge in [-0.3, -0.25) is 0 Å². The van der Waals surface area contributed by atoms with Crippen LogP contribution in [0.25, 0.3) is 0 Å². The first-order valence-electron chi connectivity index (χ1n) is 5.82. The fraction of sp³-hybridized carbons (Fsp3) is 0.462. The van der Waals surface area contributed by atoms with Gasteiger partial charge in [-0.15, -0.1) is 0 Å². The minimum atomic E-state index is -0.921. The van der Waals surface area contributed by atoms with Crippen LogP contribution in [-0.2, 0) is 13.0 Å². The number of ether oxygens (including phenoxy) is 1. The molecule has 0 saturated heterocycles. The van der Waals surface area contributed by atoms with Gasteiger partial charge >= 0.3 is 5.97 Å². The molecule has 0 saturated carbocycles. The number of benzene rings is 1. The zero-order chi connectivity index (χ0) is 12.4. The number of likely N-dealkylation sites (N-methyl/N-ethyl adjacent to an activating group) is 1. The van der Waals surface area contributed by atoms with Crippen LogP contribution in [0.2, 0.25) is 0 Å². The summed E-state index contributed by atoms with van der Waals surface area (Å²) in [5, 5.41) is 9.16. The summed E-state index contributed by atoms with van der Waals surface area (Å²) in [5.74, 6) is -0.441. The number of hydrogen-bond acceptors (Lipinski definition) is 3. The molecule has 0 aliphatic carbocycles. The third-order valence-corrected chi connectivity index (χ3v) is 3.04. The Balaban J connectivity index is 2.44. The van der Waals surface area contributed by atoms with E-state index >= 15 is 0 Å². The van der Waals surface area contributed by atoms with Crippen molar-refractivity contribution in [1.82, 2.24) is 4.90 Å². The summed E-state index contributed by atoms with van der Waals surface area (Å²) in [7, 11) is 2.06. The molecule has 0 amide bonds. The Bertz CT molecular complexity index is 443. The zero-order valence-electron chi connectivity index (χ0n) is 10.2. The van der Waals surface area contributed by atoms with Gasteiger partial charge in [-0.1, -0.05) is 0 Å². The molecule has 0 aromatic heterocycles. The highest BCUT2D eigenvalue weighted by molar-refractivity contribution is 5.91. The van der Waals surface area contributed by atoms with Crippen LogP contribution in [0.3, 0.4) is 0 Å². The summed E-state index contributed by atoms with van der Waals surface area (Å²) in [5.41, 5.74) is 2.58. The smallest absolute Gasteiger partial charge is 0.339 e. The number of carboxylic acid groups (broad SMARTS) is 1. The molecule has 1 aliphatic heterocycles. The first kappa shape index (κ1) is 11.9. The summed E-state index contributed by atoms with van der Waals surface area (Å²) < 4.78 is 5.40. The summed E-state index contributed by atoms with van der Waals surface area (Å²) in [6.07, 6.45) is 0.901. The molecule has 0 bridgehead atoms. The van der Waals surface area contributed by atoms with Gasteiger partial charge in [0.2, 0.25) is 0 Å². The van der Waals surface area contributed by atoms with Gasteiger partial charge in [-0.25, -0.2) is 4.79 Å². The molecule has 1 aliphatic rings. The lowest BCUT2D eigenvalue weighted by molar-refractivity contribution is 0.0692. The van der Waals surface area contributed by atoms with E-state index in [1.807, 2.05) is 13.0 Å². The zero-order valence-corrected chi connectivity index (χ0v) is 10.2. The van der Waals surface area contributed by atoms with Crippen LogP contribution in [0, 0.1) is 0 Å². The number of carbonyl (C=O) groups is 1. The highest BCUT2D eigenvalue weighted by atomic mass is 16.5. The molecule has 4 heteroatoms. The molecule has 0 radical (unpaired) electrons. The Morgan fingerprint density at radius 1 is 1.47 bits per heavy atom. The van der Waals surface area contributed by atoms with E-state index in [0.717, 1.165) is 25.1 Å². The normalized spacial score (nSPS) is 15.4. The number of rotatable bonds is 3. The van der Waals surface area contributed by atoms with Crippen LogP contribution in [0.5, 0.6) is 5.75 Å². The molecule has 0 atom stereocenters. The molecule has 1 heterocycles.